The summed E-state index contributed by atoms with van der Waals surface area (Å²) >= 11 is 0. The number of hydrogen-bond acceptors (Lipinski definition) is 2. The summed E-state index contributed by atoms with van der Waals surface area (Å²) in [6.45, 7) is 6.77. The lowest BCUT2D eigenvalue weighted by Crippen LogP contribution is -2.25. The van der Waals surface area contributed by atoms with Crippen molar-refractivity contribution in [3.63, 3.8) is 0 Å². The highest BCUT2D eigenvalue weighted by molar-refractivity contribution is 5.91. The number of benzene rings is 1. The summed E-state index contributed by atoms with van der Waals surface area (Å²) < 4.78 is 0. The molecule has 1 N–H and O–H groups in total. The molecule has 0 saturated heterocycles. The molecule has 0 unspecified atom stereocenters. The number of fused-ring (bicyclic) bond motifs is 1. The standard InChI is InChI=1S/C15H23N3/c1-3-5-10-18(11-6-4-2)15-9-7-8-14-13(15)12-16-17-14/h7-9,12H,3-6,10-11H2,1-2H3,(H,16,17). The number of nitrogens with zero attached hydrogens (tertiary/aromatic N) is 2. The average molecular weight is 245 g/mol. The van der Waals surface area contributed by atoms with Crippen molar-refractivity contribution in [1.29, 1.82) is 0 Å². The summed E-state index contributed by atoms with van der Waals surface area (Å²) in [5, 5.41) is 8.44. The largest absolute Gasteiger partial charge is 0.371 e. The molecule has 0 bridgehead atoms. The van der Waals surface area contributed by atoms with Crippen molar-refractivity contribution >= 4 is 16.6 Å². The number of hydrogen-bond donors (Lipinski definition) is 1. The molecule has 0 saturated carbocycles. The predicted molar refractivity (Wildman–Crippen MR) is 78.1 cm³/mol. The van der Waals surface area contributed by atoms with E-state index in [-0.39, 0.29) is 0 Å². The summed E-state index contributed by atoms with van der Waals surface area (Å²) in [6.07, 6.45) is 6.92. The lowest BCUT2D eigenvalue weighted by Gasteiger charge is -2.25. The van der Waals surface area contributed by atoms with Crippen LogP contribution >= 0.6 is 0 Å². The van der Waals surface area contributed by atoms with Crippen LogP contribution in [0, 0.1) is 0 Å². The Morgan fingerprint density at radius 2 is 1.83 bits per heavy atom. The van der Waals surface area contributed by atoms with Crippen molar-refractivity contribution in [2.24, 2.45) is 0 Å². The lowest BCUT2D eigenvalue weighted by atomic mass is 10.1. The van der Waals surface area contributed by atoms with Gasteiger partial charge in [-0.3, -0.25) is 5.10 Å². The molecule has 0 spiro atoms. The van der Waals surface area contributed by atoms with E-state index in [2.05, 4.69) is 47.1 Å². The fourth-order valence-corrected chi connectivity index (χ4v) is 2.28. The minimum Gasteiger partial charge on any atom is -0.371 e. The van der Waals surface area contributed by atoms with Crippen LogP contribution < -0.4 is 4.90 Å². The van der Waals surface area contributed by atoms with Crippen LogP contribution in [0.25, 0.3) is 10.9 Å². The monoisotopic (exact) mass is 245 g/mol. The molecular weight excluding hydrogens is 222 g/mol. The smallest absolute Gasteiger partial charge is 0.0671 e. The van der Waals surface area contributed by atoms with Crippen LogP contribution in [0.15, 0.2) is 24.4 Å². The molecule has 2 aromatic rings. The Morgan fingerprint density at radius 1 is 1.11 bits per heavy atom. The quantitative estimate of drug-likeness (QED) is 0.800. The Labute approximate surface area is 109 Å². The van der Waals surface area contributed by atoms with Crippen molar-refractivity contribution in [2.45, 2.75) is 39.5 Å². The summed E-state index contributed by atoms with van der Waals surface area (Å²) in [6, 6.07) is 6.41. The first-order valence-corrected chi connectivity index (χ1v) is 7.03. The normalized spacial score (nSPS) is 11.0. The highest BCUT2D eigenvalue weighted by Gasteiger charge is 2.10. The average Bonchev–Trinajstić information content (AvgIpc) is 2.87. The van der Waals surface area contributed by atoms with Crippen molar-refractivity contribution in [1.82, 2.24) is 10.2 Å². The highest BCUT2D eigenvalue weighted by atomic mass is 15.1. The van der Waals surface area contributed by atoms with Gasteiger partial charge in [-0.1, -0.05) is 32.8 Å². The molecule has 18 heavy (non-hydrogen) atoms. The van der Waals surface area contributed by atoms with Gasteiger partial charge in [0.15, 0.2) is 0 Å². The topological polar surface area (TPSA) is 31.9 Å². The van der Waals surface area contributed by atoms with Gasteiger partial charge in [-0.2, -0.15) is 5.10 Å². The maximum absolute atomic E-state index is 4.15. The lowest BCUT2D eigenvalue weighted by molar-refractivity contribution is 0.679. The van der Waals surface area contributed by atoms with E-state index in [1.165, 1.54) is 36.8 Å². The molecule has 0 amide bonds. The third-order valence-corrected chi connectivity index (χ3v) is 3.37. The van der Waals surface area contributed by atoms with Gasteiger partial charge in [0.2, 0.25) is 0 Å². The molecule has 1 heterocycles. The molecule has 3 nitrogen and oxygen atoms in total. The van der Waals surface area contributed by atoms with Crippen LogP contribution in [0.5, 0.6) is 0 Å². The first-order chi connectivity index (χ1) is 8.86. The fourth-order valence-electron chi connectivity index (χ4n) is 2.28. The van der Waals surface area contributed by atoms with E-state index in [1.54, 1.807) is 0 Å². The van der Waals surface area contributed by atoms with Gasteiger partial charge >= 0.3 is 0 Å². The van der Waals surface area contributed by atoms with Gasteiger partial charge in [-0.15, -0.1) is 0 Å². The van der Waals surface area contributed by atoms with E-state index in [9.17, 15) is 0 Å². The number of nitrogens with one attached hydrogen (secondary N) is 1. The molecular formula is C15H23N3. The Balaban J connectivity index is 2.24. The van der Waals surface area contributed by atoms with Crippen molar-refractivity contribution in [3.05, 3.63) is 24.4 Å². The molecule has 0 aliphatic heterocycles. The van der Waals surface area contributed by atoms with Crippen molar-refractivity contribution in [2.75, 3.05) is 18.0 Å². The number of unbranched alkanes of at least 4 members (excludes halogenated alkanes) is 2. The van der Waals surface area contributed by atoms with E-state index in [0.29, 0.717) is 0 Å². The minimum atomic E-state index is 1.13. The molecule has 1 aromatic carbocycles. The van der Waals surface area contributed by atoms with Crippen molar-refractivity contribution in [3.8, 4) is 0 Å². The van der Waals surface area contributed by atoms with Crippen LogP contribution in [0.2, 0.25) is 0 Å². The number of H-pyrrole nitrogens is 1. The molecule has 3 heteroatoms. The maximum Gasteiger partial charge on any atom is 0.0671 e. The maximum atomic E-state index is 4.15. The van der Waals surface area contributed by atoms with Gasteiger partial charge in [0, 0.05) is 24.2 Å². The third-order valence-electron chi connectivity index (χ3n) is 3.37. The van der Waals surface area contributed by atoms with E-state index in [0.717, 1.165) is 18.6 Å². The SMILES string of the molecule is CCCCN(CCCC)c1cccc2[nH]ncc12. The van der Waals surface area contributed by atoms with Crippen molar-refractivity contribution < 1.29 is 0 Å². The number of anilines is 1. The zero-order valence-electron chi connectivity index (χ0n) is 11.4. The Bertz CT molecular complexity index is 467. The fraction of sp³-hybridized carbons (Fsp3) is 0.533. The number of rotatable bonds is 7. The van der Waals surface area contributed by atoms with Gasteiger partial charge in [0.1, 0.15) is 0 Å². The molecule has 0 fully saturated rings. The van der Waals surface area contributed by atoms with E-state index >= 15 is 0 Å². The second kappa shape index (κ2) is 6.43. The van der Waals surface area contributed by atoms with Gasteiger partial charge < -0.3 is 4.90 Å². The first-order valence-electron chi connectivity index (χ1n) is 7.03. The minimum absolute atomic E-state index is 1.13. The number of aromatic amines is 1. The molecule has 2 rings (SSSR count). The van der Waals surface area contributed by atoms with Gasteiger partial charge in [0.25, 0.3) is 0 Å². The van der Waals surface area contributed by atoms with Crippen LogP contribution in [-0.4, -0.2) is 23.3 Å². The Morgan fingerprint density at radius 3 is 2.50 bits per heavy atom. The summed E-state index contributed by atoms with van der Waals surface area (Å²) in [4.78, 5) is 2.50. The Hall–Kier alpha value is -1.51. The molecule has 0 radical (unpaired) electrons. The summed E-state index contributed by atoms with van der Waals surface area (Å²) in [5.41, 5.74) is 2.45. The zero-order valence-corrected chi connectivity index (χ0v) is 11.4. The summed E-state index contributed by atoms with van der Waals surface area (Å²) in [5.74, 6) is 0. The highest BCUT2D eigenvalue weighted by Crippen LogP contribution is 2.25. The molecule has 98 valence electrons. The van der Waals surface area contributed by atoms with E-state index in [1.807, 2.05) is 6.20 Å². The van der Waals surface area contributed by atoms with Gasteiger partial charge in [-0.25, -0.2) is 0 Å². The van der Waals surface area contributed by atoms with Crippen LogP contribution in [-0.2, 0) is 0 Å². The molecule has 0 aliphatic rings. The second-order valence-electron chi connectivity index (χ2n) is 4.80. The summed E-state index contributed by atoms with van der Waals surface area (Å²) in [7, 11) is 0. The van der Waals surface area contributed by atoms with E-state index < -0.39 is 0 Å². The number of aromatic nitrogens is 2. The van der Waals surface area contributed by atoms with Crippen LogP contribution in [0.3, 0.4) is 0 Å². The third kappa shape index (κ3) is 2.84. The molecule has 0 atom stereocenters. The molecule has 1 aromatic heterocycles. The first kappa shape index (κ1) is 12.9. The second-order valence-corrected chi connectivity index (χ2v) is 4.80. The van der Waals surface area contributed by atoms with Crippen LogP contribution in [0.4, 0.5) is 5.69 Å². The van der Waals surface area contributed by atoms with Gasteiger partial charge in [0.05, 0.1) is 11.7 Å². The Kier molecular flexibility index (Phi) is 4.62. The predicted octanol–water partition coefficient (Wildman–Crippen LogP) is 3.97. The van der Waals surface area contributed by atoms with Crippen LogP contribution in [0.1, 0.15) is 39.5 Å². The zero-order chi connectivity index (χ0) is 12.8. The van der Waals surface area contributed by atoms with E-state index in [4.69, 9.17) is 0 Å². The molecule has 0 aliphatic carbocycles. The van der Waals surface area contributed by atoms with Gasteiger partial charge in [-0.05, 0) is 25.0 Å².